The Morgan fingerprint density at radius 2 is 2.08 bits per heavy atom. The topological polar surface area (TPSA) is 160 Å². The predicted octanol–water partition coefficient (Wildman–Crippen LogP) is 1.67. The highest BCUT2D eigenvalue weighted by atomic mass is 16.6. The Kier molecular flexibility index (Phi) is 5.04. The summed E-state index contributed by atoms with van der Waals surface area (Å²) in [5.41, 5.74) is 0.0832. The smallest absolute Gasteiger partial charge is 0.330 e. The first-order chi connectivity index (χ1) is 11.4. The first-order valence-electron chi connectivity index (χ1n) is 6.74. The highest BCUT2D eigenvalue weighted by Gasteiger charge is 2.20. The van der Waals surface area contributed by atoms with E-state index in [1.165, 1.54) is 25.1 Å². The van der Waals surface area contributed by atoms with Gasteiger partial charge in [0.2, 0.25) is 5.52 Å². The summed E-state index contributed by atoms with van der Waals surface area (Å²) < 4.78 is 4.49. The van der Waals surface area contributed by atoms with Crippen LogP contribution in [0.5, 0.6) is 0 Å². The van der Waals surface area contributed by atoms with Gasteiger partial charge in [0, 0.05) is 18.2 Å². The Hall–Kier alpha value is -3.50. The minimum absolute atomic E-state index is 0.0565. The van der Waals surface area contributed by atoms with E-state index in [0.717, 1.165) is 0 Å². The van der Waals surface area contributed by atoms with Gasteiger partial charge in [0.05, 0.1) is 10.6 Å². The lowest BCUT2D eigenvalue weighted by atomic mass is 10.2. The number of hydrogen-bond acceptors (Lipinski definition) is 7. The Balaban J connectivity index is 2.00. The molecule has 0 aliphatic rings. The molecule has 0 unspecified atom stereocenters. The van der Waals surface area contributed by atoms with E-state index in [2.05, 4.69) is 25.6 Å². The van der Waals surface area contributed by atoms with Crippen LogP contribution < -0.4 is 10.6 Å². The molecule has 0 spiro atoms. The number of carboxylic acids is 1. The maximum Gasteiger partial charge on any atom is 0.330 e. The van der Waals surface area contributed by atoms with Gasteiger partial charge < -0.3 is 15.7 Å². The van der Waals surface area contributed by atoms with Crippen LogP contribution in [-0.4, -0.2) is 38.9 Å². The van der Waals surface area contributed by atoms with E-state index in [1.807, 2.05) is 0 Å². The fourth-order valence-corrected chi connectivity index (χ4v) is 1.83. The summed E-state index contributed by atoms with van der Waals surface area (Å²) in [7, 11) is 0. The van der Waals surface area contributed by atoms with Gasteiger partial charge in [0.1, 0.15) is 0 Å². The molecule has 2 amide bonds. The number of urea groups is 1. The Morgan fingerprint density at radius 3 is 2.75 bits per heavy atom. The average Bonchev–Trinajstić information content (AvgIpc) is 3.01. The third-order valence-corrected chi connectivity index (χ3v) is 3.06. The van der Waals surface area contributed by atoms with Crippen LogP contribution in [0.1, 0.15) is 13.3 Å². The SMILES string of the molecule is C/C(=C\CCNC(=O)Nc1ccc([N+](=O)[O-])c2nonc12)C(=O)O. The van der Waals surface area contributed by atoms with E-state index >= 15 is 0 Å². The van der Waals surface area contributed by atoms with Crippen LogP contribution in [0.3, 0.4) is 0 Å². The molecule has 2 rings (SSSR count). The number of rotatable bonds is 6. The largest absolute Gasteiger partial charge is 0.478 e. The number of fused-ring (bicyclic) bond motifs is 1. The second kappa shape index (κ2) is 7.17. The summed E-state index contributed by atoms with van der Waals surface area (Å²) in [6.45, 7) is 1.66. The number of nitrogens with one attached hydrogen (secondary N) is 2. The summed E-state index contributed by atoms with van der Waals surface area (Å²) >= 11 is 0. The number of carbonyl (C=O) groups excluding carboxylic acids is 1. The van der Waals surface area contributed by atoms with E-state index in [9.17, 15) is 19.7 Å². The molecule has 0 radical (unpaired) electrons. The van der Waals surface area contributed by atoms with Gasteiger partial charge in [-0.2, -0.15) is 0 Å². The zero-order valence-electron chi connectivity index (χ0n) is 12.5. The summed E-state index contributed by atoms with van der Waals surface area (Å²) in [6, 6.07) is 1.93. The second-order valence-electron chi connectivity index (χ2n) is 4.71. The molecule has 0 saturated heterocycles. The number of nitro groups is 1. The molecule has 2 aromatic rings. The second-order valence-corrected chi connectivity index (χ2v) is 4.71. The lowest BCUT2D eigenvalue weighted by molar-refractivity contribution is -0.383. The highest BCUT2D eigenvalue weighted by Crippen LogP contribution is 2.28. The summed E-state index contributed by atoms with van der Waals surface area (Å²) in [6.07, 6.45) is 1.82. The lowest BCUT2D eigenvalue weighted by Gasteiger charge is -2.06. The number of amides is 2. The first-order valence-corrected chi connectivity index (χ1v) is 6.74. The van der Waals surface area contributed by atoms with E-state index in [-0.39, 0.29) is 34.5 Å². The van der Waals surface area contributed by atoms with Gasteiger partial charge in [-0.1, -0.05) is 6.08 Å². The number of carbonyl (C=O) groups is 2. The van der Waals surface area contributed by atoms with Crippen molar-refractivity contribution in [2.24, 2.45) is 0 Å². The molecule has 11 nitrogen and oxygen atoms in total. The van der Waals surface area contributed by atoms with Crippen LogP contribution in [0.15, 0.2) is 28.4 Å². The van der Waals surface area contributed by atoms with Crippen molar-refractivity contribution in [2.45, 2.75) is 13.3 Å². The van der Waals surface area contributed by atoms with Gasteiger partial charge in [0.15, 0.2) is 5.52 Å². The van der Waals surface area contributed by atoms with Crippen molar-refractivity contribution < 1.29 is 24.2 Å². The minimum Gasteiger partial charge on any atom is -0.478 e. The highest BCUT2D eigenvalue weighted by molar-refractivity contribution is 6.00. The van der Waals surface area contributed by atoms with Crippen LogP contribution in [0.4, 0.5) is 16.2 Å². The number of aromatic nitrogens is 2. The molecule has 0 bridgehead atoms. The number of carboxylic acid groups (broad SMARTS) is 1. The molecular formula is C13H13N5O6. The number of hydrogen-bond donors (Lipinski definition) is 3. The maximum absolute atomic E-state index is 11.8. The zero-order valence-corrected chi connectivity index (χ0v) is 12.5. The summed E-state index contributed by atoms with van der Waals surface area (Å²) in [4.78, 5) is 32.7. The van der Waals surface area contributed by atoms with Gasteiger partial charge >= 0.3 is 17.7 Å². The molecule has 0 fully saturated rings. The van der Waals surface area contributed by atoms with Gasteiger partial charge in [0.25, 0.3) is 0 Å². The van der Waals surface area contributed by atoms with Crippen LogP contribution in [0.2, 0.25) is 0 Å². The van der Waals surface area contributed by atoms with Crippen molar-refractivity contribution in [3.8, 4) is 0 Å². The summed E-state index contributed by atoms with van der Waals surface area (Å²) in [5, 5.41) is 31.6. The van der Waals surface area contributed by atoms with Gasteiger partial charge in [-0.05, 0) is 29.7 Å². The Labute approximate surface area is 134 Å². The standard InChI is InChI=1S/C13H13N5O6/c1-7(12(19)20)3-2-6-14-13(21)15-8-4-5-9(18(22)23)11-10(8)16-24-17-11/h3-5H,2,6H2,1H3,(H,19,20)(H2,14,15,21)/b7-3+. The number of anilines is 1. The van der Waals surface area contributed by atoms with Crippen LogP contribution >= 0.6 is 0 Å². The fourth-order valence-electron chi connectivity index (χ4n) is 1.83. The molecule has 0 atom stereocenters. The molecular weight excluding hydrogens is 322 g/mol. The molecule has 1 aromatic heterocycles. The van der Waals surface area contributed by atoms with E-state index in [0.29, 0.717) is 6.42 Å². The van der Waals surface area contributed by atoms with Gasteiger partial charge in [-0.15, -0.1) is 0 Å². The monoisotopic (exact) mass is 335 g/mol. The minimum atomic E-state index is -1.02. The van der Waals surface area contributed by atoms with Crippen molar-refractivity contribution in [2.75, 3.05) is 11.9 Å². The van der Waals surface area contributed by atoms with E-state index in [1.54, 1.807) is 0 Å². The molecule has 1 heterocycles. The quantitative estimate of drug-likeness (QED) is 0.311. The Morgan fingerprint density at radius 1 is 1.38 bits per heavy atom. The molecule has 1 aromatic carbocycles. The Bertz CT molecular complexity index is 827. The fraction of sp³-hybridized carbons (Fsp3) is 0.231. The third kappa shape index (κ3) is 3.82. The number of nitro benzene ring substituents is 1. The average molecular weight is 335 g/mol. The van der Waals surface area contributed by atoms with Crippen molar-refractivity contribution in [3.05, 3.63) is 33.9 Å². The van der Waals surface area contributed by atoms with E-state index < -0.39 is 16.9 Å². The van der Waals surface area contributed by atoms with Crippen LogP contribution in [0.25, 0.3) is 11.0 Å². The third-order valence-electron chi connectivity index (χ3n) is 3.06. The number of benzene rings is 1. The van der Waals surface area contributed by atoms with Crippen molar-refractivity contribution >= 4 is 34.4 Å². The van der Waals surface area contributed by atoms with Gasteiger partial charge in [-0.3, -0.25) is 10.1 Å². The molecule has 24 heavy (non-hydrogen) atoms. The first kappa shape index (κ1) is 16.9. The number of non-ortho nitro benzene ring substituents is 1. The maximum atomic E-state index is 11.8. The summed E-state index contributed by atoms with van der Waals surface area (Å²) in [5.74, 6) is -1.02. The van der Waals surface area contributed by atoms with Crippen molar-refractivity contribution in [1.82, 2.24) is 15.6 Å². The van der Waals surface area contributed by atoms with Crippen molar-refractivity contribution in [3.63, 3.8) is 0 Å². The predicted molar refractivity (Wildman–Crippen MR) is 81.5 cm³/mol. The van der Waals surface area contributed by atoms with Crippen LogP contribution in [-0.2, 0) is 4.79 Å². The number of nitrogens with zero attached hydrogens (tertiary/aromatic N) is 3. The normalized spacial score (nSPS) is 11.3. The van der Waals surface area contributed by atoms with E-state index in [4.69, 9.17) is 5.11 Å². The molecule has 126 valence electrons. The molecule has 0 aliphatic carbocycles. The van der Waals surface area contributed by atoms with Crippen molar-refractivity contribution in [1.29, 1.82) is 0 Å². The van der Waals surface area contributed by atoms with Gasteiger partial charge in [-0.25, -0.2) is 14.2 Å². The number of aliphatic carboxylic acids is 1. The molecule has 0 aliphatic heterocycles. The lowest BCUT2D eigenvalue weighted by Crippen LogP contribution is -2.29. The zero-order chi connectivity index (χ0) is 17.7. The molecule has 3 N–H and O–H groups in total. The molecule has 11 heteroatoms. The van der Waals surface area contributed by atoms with Crippen LogP contribution in [0, 0.1) is 10.1 Å². The molecule has 0 saturated carbocycles.